The maximum atomic E-state index is 13.4. The van der Waals surface area contributed by atoms with E-state index in [1.54, 1.807) is 19.2 Å². The minimum absolute atomic E-state index is 0.275. The van der Waals surface area contributed by atoms with Crippen LogP contribution in [0, 0.1) is 6.92 Å². The lowest BCUT2D eigenvalue weighted by Gasteiger charge is -2.16. The summed E-state index contributed by atoms with van der Waals surface area (Å²) >= 11 is 0. The molecule has 1 aliphatic heterocycles. The largest absolute Gasteiger partial charge is 0.496 e. The number of hydrogen-bond acceptors (Lipinski definition) is 4. The number of nitrogens with zero attached hydrogens (tertiary/aromatic N) is 1. The number of imide groups is 1. The highest BCUT2D eigenvalue weighted by Gasteiger charge is 2.40. The van der Waals surface area contributed by atoms with Crippen LogP contribution in [0.2, 0.25) is 0 Å². The van der Waals surface area contributed by atoms with Gasteiger partial charge < -0.3 is 10.1 Å². The molecule has 4 rings (SSSR count). The van der Waals surface area contributed by atoms with E-state index in [2.05, 4.69) is 5.32 Å². The van der Waals surface area contributed by atoms with Crippen molar-refractivity contribution in [3.8, 4) is 5.75 Å². The summed E-state index contributed by atoms with van der Waals surface area (Å²) in [5.74, 6) is -0.0979. The van der Waals surface area contributed by atoms with Crippen molar-refractivity contribution in [2.45, 2.75) is 13.3 Å². The van der Waals surface area contributed by atoms with Gasteiger partial charge in [-0.05, 0) is 36.6 Å². The van der Waals surface area contributed by atoms with Crippen molar-refractivity contribution in [1.82, 2.24) is 4.90 Å². The third kappa shape index (κ3) is 4.08. The molecule has 0 saturated carbocycles. The zero-order valence-corrected chi connectivity index (χ0v) is 17.6. The number of hydrogen-bond donors (Lipinski definition) is 1. The lowest BCUT2D eigenvalue weighted by atomic mass is 10.0. The molecule has 1 N–H and O–H groups in total. The molecule has 0 saturated heterocycles. The van der Waals surface area contributed by atoms with Gasteiger partial charge >= 0.3 is 0 Å². The van der Waals surface area contributed by atoms with Crippen molar-refractivity contribution in [2.24, 2.45) is 0 Å². The second kappa shape index (κ2) is 8.88. The molecule has 3 aromatic carbocycles. The predicted octanol–water partition coefficient (Wildman–Crippen LogP) is 4.44. The number of methoxy groups -OCH3 is 1. The number of amides is 2. The molecule has 0 unspecified atom stereocenters. The quantitative estimate of drug-likeness (QED) is 0.583. The summed E-state index contributed by atoms with van der Waals surface area (Å²) in [5.41, 5.74) is 4.05. The molecule has 0 atom stereocenters. The highest BCUT2D eigenvalue weighted by molar-refractivity contribution is 6.37. The second-order valence-electron chi connectivity index (χ2n) is 7.39. The molecule has 1 aliphatic rings. The van der Waals surface area contributed by atoms with Crippen LogP contribution in [0.5, 0.6) is 5.75 Å². The molecule has 0 fully saturated rings. The van der Waals surface area contributed by atoms with E-state index in [0.717, 1.165) is 16.8 Å². The van der Waals surface area contributed by atoms with E-state index in [9.17, 15) is 9.59 Å². The molecule has 0 bridgehead atoms. The summed E-state index contributed by atoms with van der Waals surface area (Å²) in [6.07, 6.45) is 0.592. The van der Waals surface area contributed by atoms with Gasteiger partial charge in [-0.1, -0.05) is 66.7 Å². The normalized spacial score (nSPS) is 13.7. The lowest BCUT2D eigenvalue weighted by Crippen LogP contribution is -2.34. The fraction of sp³-hybridized carbons (Fsp3) is 0.154. The maximum Gasteiger partial charge on any atom is 0.278 e. The topological polar surface area (TPSA) is 58.6 Å². The van der Waals surface area contributed by atoms with Crippen LogP contribution in [0.4, 0.5) is 5.69 Å². The molecule has 3 aromatic rings. The number of nitrogens with one attached hydrogen (secondary N) is 1. The number of rotatable bonds is 7. The van der Waals surface area contributed by atoms with Gasteiger partial charge in [0, 0.05) is 17.8 Å². The first-order valence-corrected chi connectivity index (χ1v) is 10.2. The van der Waals surface area contributed by atoms with Gasteiger partial charge in [-0.15, -0.1) is 0 Å². The van der Waals surface area contributed by atoms with Crippen LogP contribution in [-0.2, 0) is 16.0 Å². The zero-order valence-electron chi connectivity index (χ0n) is 17.6. The van der Waals surface area contributed by atoms with E-state index >= 15 is 0 Å². The first-order valence-electron chi connectivity index (χ1n) is 10.2. The van der Waals surface area contributed by atoms with E-state index in [0.29, 0.717) is 29.9 Å². The molecule has 0 radical (unpaired) electrons. The van der Waals surface area contributed by atoms with E-state index < -0.39 is 0 Å². The van der Waals surface area contributed by atoms with Crippen LogP contribution in [0.25, 0.3) is 5.57 Å². The Morgan fingerprint density at radius 2 is 1.52 bits per heavy atom. The Balaban J connectivity index is 1.73. The first-order chi connectivity index (χ1) is 15.1. The Morgan fingerprint density at radius 3 is 2.26 bits per heavy atom. The molecular weight excluding hydrogens is 388 g/mol. The summed E-state index contributed by atoms with van der Waals surface area (Å²) in [6.45, 7) is 2.26. The Hall–Kier alpha value is -3.86. The number of carbonyl (C=O) groups is 2. The predicted molar refractivity (Wildman–Crippen MR) is 122 cm³/mol. The molecule has 2 amide bonds. The summed E-state index contributed by atoms with van der Waals surface area (Å²) < 4.78 is 5.48. The van der Waals surface area contributed by atoms with Gasteiger partial charge in [-0.25, -0.2) is 0 Å². The van der Waals surface area contributed by atoms with E-state index in [1.807, 2.05) is 73.7 Å². The summed E-state index contributed by atoms with van der Waals surface area (Å²) in [6, 6.07) is 24.8. The van der Waals surface area contributed by atoms with Gasteiger partial charge in [0.1, 0.15) is 11.4 Å². The van der Waals surface area contributed by atoms with Crippen molar-refractivity contribution < 1.29 is 14.3 Å². The maximum absolute atomic E-state index is 13.4. The van der Waals surface area contributed by atoms with Gasteiger partial charge in [0.05, 0.1) is 12.7 Å². The lowest BCUT2D eigenvalue weighted by molar-refractivity contribution is -0.136. The second-order valence-corrected chi connectivity index (χ2v) is 7.39. The first kappa shape index (κ1) is 20.4. The van der Waals surface area contributed by atoms with Crippen LogP contribution >= 0.6 is 0 Å². The van der Waals surface area contributed by atoms with Gasteiger partial charge in [0.15, 0.2) is 0 Å². The average Bonchev–Trinajstić information content (AvgIpc) is 3.03. The minimum atomic E-state index is -0.329. The van der Waals surface area contributed by atoms with Crippen LogP contribution in [0.3, 0.4) is 0 Å². The van der Waals surface area contributed by atoms with Crippen molar-refractivity contribution in [3.63, 3.8) is 0 Å². The van der Waals surface area contributed by atoms with Crippen LogP contribution < -0.4 is 10.1 Å². The van der Waals surface area contributed by atoms with Crippen molar-refractivity contribution >= 4 is 23.1 Å². The molecule has 5 heteroatoms. The molecule has 0 aliphatic carbocycles. The van der Waals surface area contributed by atoms with Crippen LogP contribution in [-0.4, -0.2) is 30.4 Å². The zero-order chi connectivity index (χ0) is 21.8. The number of aryl methyl sites for hydroxylation is 1. The molecule has 156 valence electrons. The molecule has 0 spiro atoms. The molecule has 5 nitrogen and oxygen atoms in total. The SMILES string of the molecule is COc1ccccc1C1=C(Nc2ccccc2C)C(=O)N(CCc2ccccc2)C1=O. The van der Waals surface area contributed by atoms with Gasteiger partial charge in [0.2, 0.25) is 0 Å². The average molecular weight is 412 g/mol. The highest BCUT2D eigenvalue weighted by atomic mass is 16.5. The summed E-state index contributed by atoms with van der Waals surface area (Å²) in [4.78, 5) is 28.1. The standard InChI is InChI=1S/C26H24N2O3/c1-18-10-6-8-14-21(18)27-24-23(20-13-7-9-15-22(20)31-2)25(29)28(26(24)30)17-16-19-11-4-3-5-12-19/h3-15,27H,16-17H2,1-2H3. The third-order valence-corrected chi connectivity index (χ3v) is 5.42. The monoisotopic (exact) mass is 412 g/mol. The smallest absolute Gasteiger partial charge is 0.278 e. The van der Waals surface area contributed by atoms with Crippen molar-refractivity contribution in [2.75, 3.05) is 19.0 Å². The highest BCUT2D eigenvalue weighted by Crippen LogP contribution is 2.35. The van der Waals surface area contributed by atoms with E-state index in [1.165, 1.54) is 4.90 Å². The summed E-state index contributed by atoms with van der Waals surface area (Å²) in [5, 5.41) is 3.23. The van der Waals surface area contributed by atoms with Gasteiger partial charge in [0.25, 0.3) is 11.8 Å². The van der Waals surface area contributed by atoms with Gasteiger partial charge in [-0.3, -0.25) is 14.5 Å². The van der Waals surface area contributed by atoms with Crippen molar-refractivity contribution in [3.05, 3.63) is 101 Å². The van der Waals surface area contributed by atoms with Crippen LogP contribution in [0.1, 0.15) is 16.7 Å². The summed E-state index contributed by atoms with van der Waals surface area (Å²) in [7, 11) is 1.56. The van der Waals surface area contributed by atoms with E-state index in [-0.39, 0.29) is 17.5 Å². The fourth-order valence-electron chi connectivity index (χ4n) is 3.73. The number of carbonyl (C=O) groups excluding carboxylic acids is 2. The number of para-hydroxylation sites is 2. The Morgan fingerprint density at radius 1 is 0.839 bits per heavy atom. The molecular formula is C26H24N2O3. The number of anilines is 1. The Bertz CT molecular complexity index is 1150. The van der Waals surface area contributed by atoms with Gasteiger partial charge in [-0.2, -0.15) is 0 Å². The molecule has 0 aromatic heterocycles. The van der Waals surface area contributed by atoms with Crippen molar-refractivity contribution in [1.29, 1.82) is 0 Å². The Labute approximate surface area is 182 Å². The minimum Gasteiger partial charge on any atom is -0.496 e. The Kier molecular flexibility index (Phi) is 5.85. The van der Waals surface area contributed by atoms with E-state index in [4.69, 9.17) is 4.74 Å². The number of benzene rings is 3. The third-order valence-electron chi connectivity index (χ3n) is 5.42. The molecule has 1 heterocycles. The number of ether oxygens (including phenoxy) is 1. The van der Waals surface area contributed by atoms with Crippen LogP contribution in [0.15, 0.2) is 84.6 Å². The molecule has 31 heavy (non-hydrogen) atoms. The fourth-order valence-corrected chi connectivity index (χ4v) is 3.73.